The molecule has 2 unspecified atom stereocenters. The predicted octanol–water partition coefficient (Wildman–Crippen LogP) is 3.65. The molecule has 1 fully saturated rings. The number of rotatable bonds is 6. The molecule has 1 aromatic carbocycles. The number of ether oxygens (including phenoxy) is 1. The van der Waals surface area contributed by atoms with Crippen molar-refractivity contribution >= 4 is 12.0 Å². The van der Waals surface area contributed by atoms with Gasteiger partial charge in [0.05, 0.1) is 0 Å². The SMILES string of the molecule is CC1CC(C)CN(Cc2ccccc2CNC(=O)CN(C)C(=O)OC(C)(C)C)C1. The molecule has 2 rings (SSSR count). The minimum Gasteiger partial charge on any atom is -0.444 e. The third-order valence-corrected chi connectivity index (χ3v) is 5.02. The van der Waals surface area contributed by atoms with Crippen molar-refractivity contribution in [2.45, 2.75) is 59.7 Å². The number of benzene rings is 1. The van der Waals surface area contributed by atoms with Crippen LogP contribution in [-0.4, -0.2) is 54.1 Å². The van der Waals surface area contributed by atoms with Gasteiger partial charge in [0, 0.05) is 33.2 Å². The quantitative estimate of drug-likeness (QED) is 0.788. The summed E-state index contributed by atoms with van der Waals surface area (Å²) >= 11 is 0. The van der Waals surface area contributed by atoms with Crippen LogP contribution in [0, 0.1) is 11.8 Å². The molecule has 6 nitrogen and oxygen atoms in total. The number of nitrogens with one attached hydrogen (secondary N) is 1. The maximum absolute atomic E-state index is 12.3. The predicted molar refractivity (Wildman–Crippen MR) is 115 cm³/mol. The van der Waals surface area contributed by atoms with Crippen molar-refractivity contribution in [1.82, 2.24) is 15.1 Å². The summed E-state index contributed by atoms with van der Waals surface area (Å²) in [7, 11) is 1.57. The average Bonchev–Trinajstić information content (AvgIpc) is 2.58. The molecule has 1 aliphatic rings. The van der Waals surface area contributed by atoms with Gasteiger partial charge in [-0.15, -0.1) is 0 Å². The molecule has 1 N–H and O–H groups in total. The van der Waals surface area contributed by atoms with Gasteiger partial charge >= 0.3 is 6.09 Å². The van der Waals surface area contributed by atoms with Crippen LogP contribution in [0.2, 0.25) is 0 Å². The molecule has 0 bridgehead atoms. The molecule has 0 aromatic heterocycles. The molecule has 1 aromatic rings. The van der Waals surface area contributed by atoms with E-state index in [1.54, 1.807) is 27.8 Å². The summed E-state index contributed by atoms with van der Waals surface area (Å²) in [5.74, 6) is 1.23. The highest BCUT2D eigenvalue weighted by Gasteiger charge is 2.23. The Morgan fingerprint density at radius 1 is 1.14 bits per heavy atom. The molecule has 1 aliphatic heterocycles. The first-order chi connectivity index (χ1) is 13.5. The van der Waals surface area contributed by atoms with Crippen LogP contribution < -0.4 is 5.32 Å². The van der Waals surface area contributed by atoms with Crippen LogP contribution in [0.4, 0.5) is 4.79 Å². The van der Waals surface area contributed by atoms with E-state index >= 15 is 0 Å². The van der Waals surface area contributed by atoms with Gasteiger partial charge in [-0.3, -0.25) is 9.69 Å². The van der Waals surface area contributed by atoms with E-state index in [0.29, 0.717) is 18.4 Å². The summed E-state index contributed by atoms with van der Waals surface area (Å²) in [5.41, 5.74) is 1.78. The number of hydrogen-bond acceptors (Lipinski definition) is 4. The molecular formula is C23H37N3O3. The standard InChI is InChI=1S/C23H37N3O3/c1-17-11-18(2)14-26(13-17)15-20-10-8-7-9-19(20)12-24-21(27)16-25(6)22(28)29-23(3,4)5/h7-10,17-18H,11-16H2,1-6H3,(H,24,27). The number of amides is 2. The van der Waals surface area contributed by atoms with Gasteiger partial charge in [-0.1, -0.05) is 38.1 Å². The molecule has 0 radical (unpaired) electrons. The lowest BCUT2D eigenvalue weighted by atomic mass is 9.91. The first kappa shape index (κ1) is 23.2. The largest absolute Gasteiger partial charge is 0.444 e. The third-order valence-electron chi connectivity index (χ3n) is 5.02. The zero-order valence-corrected chi connectivity index (χ0v) is 18.8. The summed E-state index contributed by atoms with van der Waals surface area (Å²) in [6, 6.07) is 8.25. The second-order valence-corrected chi connectivity index (χ2v) is 9.52. The van der Waals surface area contributed by atoms with Crippen LogP contribution >= 0.6 is 0 Å². The summed E-state index contributed by atoms with van der Waals surface area (Å²) in [4.78, 5) is 28.1. The van der Waals surface area contributed by atoms with E-state index in [1.165, 1.54) is 16.9 Å². The third kappa shape index (κ3) is 8.05. The van der Waals surface area contributed by atoms with Crippen molar-refractivity contribution in [2.24, 2.45) is 11.8 Å². The summed E-state index contributed by atoms with van der Waals surface area (Å²) in [5, 5.41) is 2.94. The monoisotopic (exact) mass is 403 g/mol. The number of nitrogens with zero attached hydrogens (tertiary/aromatic N) is 2. The van der Waals surface area contributed by atoms with Crippen molar-refractivity contribution in [3.8, 4) is 0 Å². The van der Waals surface area contributed by atoms with Gasteiger partial charge in [0.15, 0.2) is 0 Å². The van der Waals surface area contributed by atoms with E-state index in [0.717, 1.165) is 25.2 Å². The first-order valence-electron chi connectivity index (χ1n) is 10.5. The van der Waals surface area contributed by atoms with Gasteiger partial charge in [0.25, 0.3) is 0 Å². The molecule has 6 heteroatoms. The van der Waals surface area contributed by atoms with E-state index in [1.807, 2.05) is 12.1 Å². The van der Waals surface area contributed by atoms with E-state index in [9.17, 15) is 9.59 Å². The van der Waals surface area contributed by atoms with Crippen LogP contribution in [0.1, 0.15) is 52.2 Å². The number of hydrogen-bond donors (Lipinski definition) is 1. The Kier molecular flexibility index (Phi) is 8.08. The normalized spacial score (nSPS) is 20.2. The average molecular weight is 404 g/mol. The van der Waals surface area contributed by atoms with E-state index in [-0.39, 0.29) is 12.5 Å². The molecule has 0 spiro atoms. The van der Waals surface area contributed by atoms with Crippen LogP contribution in [-0.2, 0) is 22.6 Å². The topological polar surface area (TPSA) is 61.9 Å². The number of likely N-dealkylation sites (N-methyl/N-ethyl adjacent to an activating group) is 1. The fourth-order valence-electron chi connectivity index (χ4n) is 3.92. The van der Waals surface area contributed by atoms with Gasteiger partial charge in [0.2, 0.25) is 5.91 Å². The second-order valence-electron chi connectivity index (χ2n) is 9.52. The smallest absolute Gasteiger partial charge is 0.410 e. The Bertz CT molecular complexity index is 689. The highest BCUT2D eigenvalue weighted by molar-refractivity contribution is 5.82. The van der Waals surface area contributed by atoms with Crippen molar-refractivity contribution < 1.29 is 14.3 Å². The lowest BCUT2D eigenvalue weighted by Gasteiger charge is -2.35. The van der Waals surface area contributed by atoms with E-state index in [2.05, 4.69) is 36.2 Å². The molecule has 1 heterocycles. The van der Waals surface area contributed by atoms with E-state index < -0.39 is 11.7 Å². The van der Waals surface area contributed by atoms with Crippen molar-refractivity contribution in [1.29, 1.82) is 0 Å². The maximum atomic E-state index is 12.3. The maximum Gasteiger partial charge on any atom is 0.410 e. The van der Waals surface area contributed by atoms with Crippen molar-refractivity contribution in [2.75, 3.05) is 26.7 Å². The highest BCUT2D eigenvalue weighted by Crippen LogP contribution is 2.23. The Hall–Kier alpha value is -2.08. The Morgan fingerprint density at radius 2 is 1.72 bits per heavy atom. The molecule has 2 atom stereocenters. The lowest BCUT2D eigenvalue weighted by Crippen LogP contribution is -2.41. The lowest BCUT2D eigenvalue weighted by molar-refractivity contribution is -0.122. The number of carbonyl (C=O) groups excluding carboxylic acids is 2. The van der Waals surface area contributed by atoms with Crippen LogP contribution in [0.3, 0.4) is 0 Å². The van der Waals surface area contributed by atoms with Crippen molar-refractivity contribution in [3.05, 3.63) is 35.4 Å². The molecule has 0 saturated carbocycles. The molecule has 29 heavy (non-hydrogen) atoms. The second kappa shape index (κ2) is 10.1. The van der Waals surface area contributed by atoms with Gasteiger partial charge in [-0.05, 0) is 50.2 Å². The molecule has 162 valence electrons. The van der Waals surface area contributed by atoms with Gasteiger partial charge < -0.3 is 15.0 Å². The van der Waals surface area contributed by atoms with Crippen LogP contribution in [0.25, 0.3) is 0 Å². The molecule has 1 saturated heterocycles. The van der Waals surface area contributed by atoms with Gasteiger partial charge in [0.1, 0.15) is 12.1 Å². The summed E-state index contributed by atoms with van der Waals surface area (Å²) < 4.78 is 5.29. The molecule has 2 amide bonds. The first-order valence-corrected chi connectivity index (χ1v) is 10.5. The van der Waals surface area contributed by atoms with Crippen LogP contribution in [0.15, 0.2) is 24.3 Å². The number of piperidine rings is 1. The highest BCUT2D eigenvalue weighted by atomic mass is 16.6. The zero-order chi connectivity index (χ0) is 21.6. The number of likely N-dealkylation sites (tertiary alicyclic amines) is 1. The summed E-state index contributed by atoms with van der Waals surface area (Å²) in [6.45, 7) is 13.6. The van der Waals surface area contributed by atoms with Crippen molar-refractivity contribution in [3.63, 3.8) is 0 Å². The Morgan fingerprint density at radius 3 is 2.31 bits per heavy atom. The number of carbonyl (C=O) groups is 2. The Balaban J connectivity index is 1.89. The van der Waals surface area contributed by atoms with Crippen LogP contribution in [0.5, 0.6) is 0 Å². The van der Waals surface area contributed by atoms with Gasteiger partial charge in [-0.25, -0.2) is 4.79 Å². The Labute approximate surface area is 175 Å². The fraction of sp³-hybridized carbons (Fsp3) is 0.652. The minimum absolute atomic E-state index is 0.0295. The van der Waals surface area contributed by atoms with E-state index in [4.69, 9.17) is 4.74 Å². The zero-order valence-electron chi connectivity index (χ0n) is 18.8. The summed E-state index contributed by atoms with van der Waals surface area (Å²) in [6.07, 6.45) is 0.792. The molecule has 0 aliphatic carbocycles. The fourth-order valence-corrected chi connectivity index (χ4v) is 3.92. The minimum atomic E-state index is -0.579. The molecular weight excluding hydrogens is 366 g/mol. The van der Waals surface area contributed by atoms with Gasteiger partial charge in [-0.2, -0.15) is 0 Å².